The van der Waals surface area contributed by atoms with E-state index in [-0.39, 0.29) is 0 Å². The van der Waals surface area contributed by atoms with Crippen LogP contribution in [-0.4, -0.2) is 26.9 Å². The minimum absolute atomic E-state index is 0.453. The molecule has 0 aliphatic heterocycles. The number of ether oxygens (including phenoxy) is 2. The monoisotopic (exact) mass is 255 g/mol. The first-order valence-electron chi connectivity index (χ1n) is 5.50. The van der Waals surface area contributed by atoms with Gasteiger partial charge < -0.3 is 14.8 Å². The van der Waals surface area contributed by atoms with Crippen LogP contribution in [0.25, 0.3) is 0 Å². The average Bonchev–Trinajstić information content (AvgIpc) is 2.34. The van der Waals surface area contributed by atoms with Crippen molar-refractivity contribution in [1.29, 1.82) is 0 Å². The SMILES string of the molecule is C=CCOc1c(Cl)cccc1CNCCOC. The van der Waals surface area contributed by atoms with Crippen LogP contribution < -0.4 is 10.1 Å². The molecule has 3 nitrogen and oxygen atoms in total. The smallest absolute Gasteiger partial charge is 0.142 e. The Morgan fingerprint density at radius 2 is 2.29 bits per heavy atom. The molecule has 0 unspecified atom stereocenters. The molecule has 0 bridgehead atoms. The first-order chi connectivity index (χ1) is 8.29. The molecule has 17 heavy (non-hydrogen) atoms. The third-order valence-corrected chi connectivity index (χ3v) is 2.49. The first kappa shape index (κ1) is 14.0. The zero-order valence-electron chi connectivity index (χ0n) is 10.0. The molecule has 0 aromatic heterocycles. The molecule has 1 aromatic carbocycles. The van der Waals surface area contributed by atoms with Crippen molar-refractivity contribution in [3.05, 3.63) is 41.4 Å². The molecular weight excluding hydrogens is 238 g/mol. The van der Waals surface area contributed by atoms with E-state index in [2.05, 4.69) is 11.9 Å². The highest BCUT2D eigenvalue weighted by Gasteiger charge is 2.07. The van der Waals surface area contributed by atoms with E-state index in [0.717, 1.165) is 17.9 Å². The summed E-state index contributed by atoms with van der Waals surface area (Å²) >= 11 is 6.09. The summed E-state index contributed by atoms with van der Waals surface area (Å²) in [5.74, 6) is 0.721. The molecule has 1 rings (SSSR count). The lowest BCUT2D eigenvalue weighted by Crippen LogP contribution is -2.19. The lowest BCUT2D eigenvalue weighted by molar-refractivity contribution is 0.199. The van der Waals surface area contributed by atoms with E-state index in [0.29, 0.717) is 24.8 Å². The number of halogens is 1. The summed E-state index contributed by atoms with van der Waals surface area (Å²) in [5, 5.41) is 3.88. The molecule has 0 amide bonds. The van der Waals surface area contributed by atoms with Gasteiger partial charge >= 0.3 is 0 Å². The quantitative estimate of drug-likeness (QED) is 0.572. The van der Waals surface area contributed by atoms with E-state index in [1.54, 1.807) is 13.2 Å². The Labute approximate surface area is 107 Å². The molecule has 0 radical (unpaired) electrons. The van der Waals surface area contributed by atoms with Crippen LogP contribution in [0.15, 0.2) is 30.9 Å². The maximum absolute atomic E-state index is 6.09. The van der Waals surface area contributed by atoms with E-state index in [4.69, 9.17) is 21.1 Å². The molecule has 0 atom stereocenters. The maximum atomic E-state index is 6.09. The van der Waals surface area contributed by atoms with Gasteiger partial charge in [-0.25, -0.2) is 0 Å². The second-order valence-electron chi connectivity index (χ2n) is 3.50. The number of methoxy groups -OCH3 is 1. The molecule has 0 aliphatic carbocycles. The largest absolute Gasteiger partial charge is 0.488 e. The first-order valence-corrected chi connectivity index (χ1v) is 5.88. The van der Waals surface area contributed by atoms with Crippen molar-refractivity contribution < 1.29 is 9.47 Å². The van der Waals surface area contributed by atoms with Crippen molar-refractivity contribution in [2.75, 3.05) is 26.9 Å². The van der Waals surface area contributed by atoms with Crippen LogP contribution in [-0.2, 0) is 11.3 Å². The summed E-state index contributed by atoms with van der Waals surface area (Å²) in [6, 6.07) is 5.72. The molecule has 0 heterocycles. The number of nitrogens with one attached hydrogen (secondary N) is 1. The van der Waals surface area contributed by atoms with Gasteiger partial charge in [-0.2, -0.15) is 0 Å². The number of hydrogen-bond acceptors (Lipinski definition) is 3. The molecular formula is C13H18ClNO2. The summed E-state index contributed by atoms with van der Waals surface area (Å²) in [7, 11) is 1.68. The normalized spacial score (nSPS) is 10.2. The van der Waals surface area contributed by atoms with E-state index in [1.807, 2.05) is 18.2 Å². The van der Waals surface area contributed by atoms with Crippen LogP contribution in [0.5, 0.6) is 5.75 Å². The van der Waals surface area contributed by atoms with Crippen LogP contribution in [0, 0.1) is 0 Å². The van der Waals surface area contributed by atoms with Crippen molar-refractivity contribution >= 4 is 11.6 Å². The molecule has 0 saturated heterocycles. The average molecular weight is 256 g/mol. The Kier molecular flexibility index (Phi) is 6.70. The van der Waals surface area contributed by atoms with Gasteiger partial charge in [0.2, 0.25) is 0 Å². The predicted octanol–water partition coefficient (Wildman–Crippen LogP) is 2.64. The Hall–Kier alpha value is -1.03. The summed E-state index contributed by atoms with van der Waals surface area (Å²) in [6.07, 6.45) is 1.70. The van der Waals surface area contributed by atoms with Crippen LogP contribution in [0.1, 0.15) is 5.56 Å². The standard InChI is InChI=1S/C13H18ClNO2/c1-3-8-17-13-11(5-4-6-12(13)14)10-15-7-9-16-2/h3-6,15H,1,7-10H2,2H3. The number of benzene rings is 1. The molecule has 1 aromatic rings. The summed E-state index contributed by atoms with van der Waals surface area (Å²) in [6.45, 7) is 6.26. The summed E-state index contributed by atoms with van der Waals surface area (Å²) < 4.78 is 10.5. The van der Waals surface area contributed by atoms with E-state index in [9.17, 15) is 0 Å². The highest BCUT2D eigenvalue weighted by Crippen LogP contribution is 2.28. The zero-order valence-corrected chi connectivity index (χ0v) is 10.8. The Morgan fingerprint density at radius 3 is 3.00 bits per heavy atom. The maximum Gasteiger partial charge on any atom is 0.142 e. The van der Waals surface area contributed by atoms with Crippen LogP contribution in [0.3, 0.4) is 0 Å². The highest BCUT2D eigenvalue weighted by atomic mass is 35.5. The number of rotatable bonds is 8. The zero-order chi connectivity index (χ0) is 12.5. The fourth-order valence-electron chi connectivity index (χ4n) is 1.39. The Balaban J connectivity index is 2.62. The lowest BCUT2D eigenvalue weighted by atomic mass is 10.2. The van der Waals surface area contributed by atoms with Gasteiger partial charge in [-0.05, 0) is 6.07 Å². The minimum atomic E-state index is 0.453. The van der Waals surface area contributed by atoms with Crippen molar-refractivity contribution in [1.82, 2.24) is 5.32 Å². The van der Waals surface area contributed by atoms with Crippen molar-refractivity contribution in [3.8, 4) is 5.75 Å². The molecule has 0 aliphatic rings. The van der Waals surface area contributed by atoms with Gasteiger partial charge in [0.1, 0.15) is 12.4 Å². The predicted molar refractivity (Wildman–Crippen MR) is 70.7 cm³/mol. The van der Waals surface area contributed by atoms with Gasteiger partial charge in [0, 0.05) is 25.8 Å². The van der Waals surface area contributed by atoms with E-state index in [1.165, 1.54) is 0 Å². The molecule has 1 N–H and O–H groups in total. The lowest BCUT2D eigenvalue weighted by Gasteiger charge is -2.12. The topological polar surface area (TPSA) is 30.5 Å². The van der Waals surface area contributed by atoms with Gasteiger partial charge in [-0.15, -0.1) is 0 Å². The van der Waals surface area contributed by atoms with Gasteiger partial charge in [-0.1, -0.05) is 36.4 Å². The van der Waals surface area contributed by atoms with Crippen LogP contribution in [0.2, 0.25) is 5.02 Å². The second-order valence-corrected chi connectivity index (χ2v) is 3.90. The Morgan fingerprint density at radius 1 is 1.47 bits per heavy atom. The molecule has 0 fully saturated rings. The van der Waals surface area contributed by atoms with E-state index < -0.39 is 0 Å². The third kappa shape index (κ3) is 4.77. The highest BCUT2D eigenvalue weighted by molar-refractivity contribution is 6.32. The van der Waals surface area contributed by atoms with Gasteiger partial charge in [-0.3, -0.25) is 0 Å². The van der Waals surface area contributed by atoms with Gasteiger partial charge in [0.05, 0.1) is 11.6 Å². The summed E-state index contributed by atoms with van der Waals surface area (Å²) in [5.41, 5.74) is 1.04. The third-order valence-electron chi connectivity index (χ3n) is 2.19. The molecule has 94 valence electrons. The fraction of sp³-hybridized carbons (Fsp3) is 0.385. The van der Waals surface area contributed by atoms with Crippen molar-refractivity contribution in [2.45, 2.75) is 6.54 Å². The van der Waals surface area contributed by atoms with Crippen LogP contribution in [0.4, 0.5) is 0 Å². The molecule has 4 heteroatoms. The summed E-state index contributed by atoms with van der Waals surface area (Å²) in [4.78, 5) is 0. The molecule has 0 spiro atoms. The minimum Gasteiger partial charge on any atom is -0.488 e. The van der Waals surface area contributed by atoms with E-state index >= 15 is 0 Å². The van der Waals surface area contributed by atoms with Crippen molar-refractivity contribution in [2.24, 2.45) is 0 Å². The van der Waals surface area contributed by atoms with Gasteiger partial charge in [0.15, 0.2) is 0 Å². The van der Waals surface area contributed by atoms with Crippen LogP contribution >= 0.6 is 11.6 Å². The fourth-order valence-corrected chi connectivity index (χ4v) is 1.64. The molecule has 0 saturated carbocycles. The number of hydrogen-bond donors (Lipinski definition) is 1. The second kappa shape index (κ2) is 8.12. The van der Waals surface area contributed by atoms with Crippen molar-refractivity contribution in [3.63, 3.8) is 0 Å². The van der Waals surface area contributed by atoms with Gasteiger partial charge in [0.25, 0.3) is 0 Å². The Bertz CT molecular complexity index is 355. The number of para-hydroxylation sites is 1.